The molecule has 0 aromatic carbocycles. The Morgan fingerprint density at radius 3 is 1.43 bits per heavy atom. The van der Waals surface area contributed by atoms with E-state index in [9.17, 15) is 39.3 Å². The number of rotatable bonds is 3. The molecule has 0 atom stereocenters. The molecule has 0 spiro atoms. The van der Waals surface area contributed by atoms with Crippen LogP contribution in [0.5, 0.6) is 0 Å². The van der Waals surface area contributed by atoms with Gasteiger partial charge in [-0.3, -0.25) is 0 Å². The average Bonchev–Trinajstić information content (AvgIpc) is 1.84. The van der Waals surface area contributed by atoms with Gasteiger partial charge in [-0.2, -0.15) is 17.6 Å². The third-order valence-corrected chi connectivity index (χ3v) is 1.88. The third kappa shape index (κ3) is 2.62. The third-order valence-electron chi connectivity index (χ3n) is 0.976. The van der Waals surface area contributed by atoms with Gasteiger partial charge in [0.05, 0.1) is 0 Å². The summed E-state index contributed by atoms with van der Waals surface area (Å²) in [5.74, 6) is -6.19. The quantitative estimate of drug-likeness (QED) is 0.318. The molecule has 88 valence electrons. The Morgan fingerprint density at radius 1 is 1.07 bits per heavy atom. The minimum Gasteiger partial charge on any atom is -0.743 e. The van der Waals surface area contributed by atoms with Crippen LogP contribution in [0.2, 0.25) is 0 Å². The molecule has 0 rings (SSSR count). The van der Waals surface area contributed by atoms with E-state index >= 15 is 0 Å². The van der Waals surface area contributed by atoms with Crippen LogP contribution in [0.3, 0.4) is 0 Å². The van der Waals surface area contributed by atoms with Crippen molar-refractivity contribution in [2.45, 2.75) is 17.6 Å². The molecule has 0 bridgehead atoms. The molecule has 0 aliphatic heterocycles. The highest BCUT2D eigenvalue weighted by Gasteiger charge is 2.67. The zero-order valence-electron chi connectivity index (χ0n) is 5.93. The molecule has 0 saturated carbocycles. The van der Waals surface area contributed by atoms with Crippen molar-refractivity contribution in [3.05, 3.63) is 0 Å². The minimum absolute atomic E-state index is 0. The van der Waals surface area contributed by atoms with Gasteiger partial charge in [0.25, 0.3) is 0 Å². The van der Waals surface area contributed by atoms with Crippen LogP contribution >= 0.6 is 0 Å². The van der Waals surface area contributed by atoms with Gasteiger partial charge < -0.3 is 4.55 Å². The summed E-state index contributed by atoms with van der Waals surface area (Å²) in [7, 11) is -6.82. The molecule has 0 N–H and O–H groups in total. The van der Waals surface area contributed by atoms with E-state index in [4.69, 9.17) is 0 Å². The second-order valence-corrected chi connectivity index (χ2v) is 3.32. The highest BCUT2D eigenvalue weighted by atomic mass is 127. The van der Waals surface area contributed by atoms with Gasteiger partial charge in [0.1, 0.15) is 0 Å². The summed E-state index contributed by atoms with van der Waals surface area (Å²) in [4.78, 5) is 0. The first-order valence-corrected chi connectivity index (χ1v) is 3.84. The van der Waals surface area contributed by atoms with Crippen LogP contribution in [-0.4, -0.2) is 30.6 Å². The molecule has 0 amide bonds. The lowest BCUT2D eigenvalue weighted by Gasteiger charge is -2.27. The summed E-state index contributed by atoms with van der Waals surface area (Å²) in [6.07, 6.45) is -4.94. The summed E-state index contributed by atoms with van der Waals surface area (Å²) in [5, 5.41) is -6.31. The lowest BCUT2D eigenvalue weighted by Crippen LogP contribution is -3.00. The molecule has 0 heterocycles. The molecule has 0 radical (unpaired) electrons. The number of alkyl halides is 6. The molecular formula is C3H3F6IO3S. The molecule has 11 heteroatoms. The van der Waals surface area contributed by atoms with E-state index in [2.05, 4.69) is 0 Å². The normalized spacial score (nSPS) is 14.0. The molecule has 0 aliphatic rings. The van der Waals surface area contributed by atoms with Crippen LogP contribution in [0.15, 0.2) is 0 Å². The largest absolute Gasteiger partial charge is 0.743 e. The van der Waals surface area contributed by atoms with Crippen LogP contribution in [0.25, 0.3) is 0 Å². The van der Waals surface area contributed by atoms with Gasteiger partial charge >= 0.3 is 17.6 Å². The minimum atomic E-state index is -6.82. The Kier molecular flexibility index (Phi) is 5.21. The van der Waals surface area contributed by atoms with E-state index < -0.39 is 27.7 Å². The molecule has 0 aromatic rings. The van der Waals surface area contributed by atoms with Gasteiger partial charge in [0.2, 0.25) is 24.0 Å². The van der Waals surface area contributed by atoms with Crippen molar-refractivity contribution in [3.8, 4) is 0 Å². The lowest BCUT2D eigenvalue weighted by atomic mass is 10.4. The Balaban J connectivity index is 0. The second-order valence-electron chi connectivity index (χ2n) is 1.89. The van der Waals surface area contributed by atoms with Crippen molar-refractivity contribution in [1.29, 1.82) is 0 Å². The molecule has 0 unspecified atom stereocenters. The Bertz CT molecular complexity index is 287. The van der Waals surface area contributed by atoms with Crippen LogP contribution in [0, 0.1) is 0 Å². The van der Waals surface area contributed by atoms with E-state index in [1.807, 2.05) is 0 Å². The predicted molar refractivity (Wildman–Crippen MR) is 28.4 cm³/mol. The zero-order chi connectivity index (χ0) is 11.1. The molecule has 14 heavy (non-hydrogen) atoms. The maximum absolute atomic E-state index is 11.8. The molecule has 0 aliphatic carbocycles. The zero-order valence-corrected chi connectivity index (χ0v) is 9.29. The van der Waals surface area contributed by atoms with Crippen molar-refractivity contribution in [1.82, 2.24) is 0 Å². The maximum atomic E-state index is 11.8. The van der Waals surface area contributed by atoms with E-state index in [1.54, 1.807) is 0 Å². The second kappa shape index (κ2) is 4.38. The monoisotopic (exact) mass is 360 g/mol. The highest BCUT2D eigenvalue weighted by Crippen LogP contribution is 2.42. The maximum Gasteiger partial charge on any atom is 0.402 e. The van der Waals surface area contributed by atoms with Crippen molar-refractivity contribution in [3.63, 3.8) is 0 Å². The lowest BCUT2D eigenvalue weighted by molar-refractivity contribution is -0.227. The summed E-state index contributed by atoms with van der Waals surface area (Å²) in [6.45, 7) is 0. The van der Waals surface area contributed by atoms with Gasteiger partial charge in [-0.1, -0.05) is 0 Å². The number of halogens is 7. The van der Waals surface area contributed by atoms with Crippen molar-refractivity contribution >= 4 is 10.1 Å². The van der Waals surface area contributed by atoms with E-state index in [0.29, 0.717) is 0 Å². The first-order chi connectivity index (χ1) is 5.44. The van der Waals surface area contributed by atoms with Crippen LogP contribution in [0.4, 0.5) is 26.3 Å². The van der Waals surface area contributed by atoms with Gasteiger partial charge in [-0.15, -0.1) is 0 Å². The van der Waals surface area contributed by atoms with E-state index in [1.165, 1.54) is 0 Å². The highest BCUT2D eigenvalue weighted by molar-refractivity contribution is 7.86. The van der Waals surface area contributed by atoms with Crippen molar-refractivity contribution in [2.24, 2.45) is 0 Å². The number of hydrogen-bond acceptors (Lipinski definition) is 3. The fourth-order valence-corrected chi connectivity index (χ4v) is 0.716. The Labute approximate surface area is 91.2 Å². The van der Waals surface area contributed by atoms with Crippen LogP contribution in [-0.2, 0) is 10.1 Å². The SMILES string of the molecule is O=S(=O)([O-])C(F)(F)C(F)(F)C(F)F.[IH2+]. The Morgan fingerprint density at radius 2 is 1.36 bits per heavy atom. The van der Waals surface area contributed by atoms with E-state index in [0.717, 1.165) is 0 Å². The summed E-state index contributed by atoms with van der Waals surface area (Å²) < 4.78 is 98.0. The molecular weight excluding hydrogens is 357 g/mol. The van der Waals surface area contributed by atoms with Gasteiger partial charge in [0, 0.05) is 0 Å². The summed E-state index contributed by atoms with van der Waals surface area (Å²) in [6, 6.07) is 0. The van der Waals surface area contributed by atoms with E-state index in [-0.39, 0.29) is 24.0 Å². The number of hydrogen-bond donors (Lipinski definition) is 0. The fourth-order valence-electron chi connectivity index (χ4n) is 0.294. The van der Waals surface area contributed by atoms with Gasteiger partial charge in [-0.25, -0.2) is 17.2 Å². The van der Waals surface area contributed by atoms with Gasteiger partial charge in [0.15, 0.2) is 10.1 Å². The first kappa shape index (κ1) is 16.6. The standard InChI is InChI=1S/C3H2F6O3S.H2I/c4-1(5)2(6,7)3(8,9)13(10,11)12;/h1H,(H,10,11,12);1H2/q;+1/p-1. The summed E-state index contributed by atoms with van der Waals surface area (Å²) in [5.41, 5.74) is 0. The molecule has 0 saturated heterocycles. The predicted octanol–water partition coefficient (Wildman–Crippen LogP) is -2.51. The summed E-state index contributed by atoms with van der Waals surface area (Å²) >= 11 is 0. The van der Waals surface area contributed by atoms with Gasteiger partial charge in [-0.05, 0) is 0 Å². The molecule has 0 aromatic heterocycles. The average molecular weight is 360 g/mol. The van der Waals surface area contributed by atoms with Crippen LogP contribution < -0.4 is 24.0 Å². The molecule has 3 nitrogen and oxygen atoms in total. The van der Waals surface area contributed by atoms with Crippen LogP contribution in [0.1, 0.15) is 0 Å². The topological polar surface area (TPSA) is 57.2 Å². The molecule has 0 fully saturated rings. The first-order valence-electron chi connectivity index (χ1n) is 2.44. The smallest absolute Gasteiger partial charge is 0.402 e. The fraction of sp³-hybridized carbons (Fsp3) is 1.00. The van der Waals surface area contributed by atoms with Crippen molar-refractivity contribution in [2.75, 3.05) is 0 Å². The van der Waals surface area contributed by atoms with Crippen molar-refractivity contribution < 1.29 is 63.3 Å². The Hall–Kier alpha value is 0.220.